The minimum atomic E-state index is -0.686. The zero-order chi connectivity index (χ0) is 22.3. The second-order valence-corrected chi connectivity index (χ2v) is 9.10. The Kier molecular flexibility index (Phi) is 10.1. The van der Waals surface area contributed by atoms with Gasteiger partial charge in [0.1, 0.15) is 6.04 Å². The van der Waals surface area contributed by atoms with E-state index in [2.05, 4.69) is 5.32 Å². The molecule has 0 saturated carbocycles. The SMILES string of the molecule is CCNC(=O)C(C)N(Cc1c(Cl)cccc1Cl)C(=O)CSCc1c(Cl)cccc1Cl. The molecule has 2 rings (SSSR count). The zero-order valence-corrected chi connectivity index (χ0v) is 20.4. The van der Waals surface area contributed by atoms with E-state index in [4.69, 9.17) is 46.4 Å². The molecule has 2 aromatic carbocycles. The lowest BCUT2D eigenvalue weighted by molar-refractivity contribution is -0.138. The smallest absolute Gasteiger partial charge is 0.242 e. The van der Waals surface area contributed by atoms with Crippen LogP contribution in [0.25, 0.3) is 0 Å². The summed E-state index contributed by atoms with van der Waals surface area (Å²) < 4.78 is 0. The fraction of sp³-hybridized carbons (Fsp3) is 0.333. The molecule has 1 unspecified atom stereocenters. The number of amides is 2. The fourth-order valence-corrected chi connectivity index (χ4v) is 4.92. The molecule has 0 heterocycles. The molecule has 1 atom stereocenters. The molecule has 0 aromatic heterocycles. The Balaban J connectivity index is 2.16. The van der Waals surface area contributed by atoms with E-state index in [1.165, 1.54) is 16.7 Å². The number of likely N-dealkylation sites (N-methyl/N-ethyl adjacent to an activating group) is 1. The fourth-order valence-electron chi connectivity index (χ4n) is 2.75. The zero-order valence-electron chi connectivity index (χ0n) is 16.6. The average molecular weight is 508 g/mol. The summed E-state index contributed by atoms with van der Waals surface area (Å²) in [4.78, 5) is 27.0. The number of benzene rings is 2. The van der Waals surface area contributed by atoms with Gasteiger partial charge in [0.15, 0.2) is 0 Å². The Morgan fingerprint density at radius 1 is 0.967 bits per heavy atom. The molecule has 4 nitrogen and oxygen atoms in total. The Bertz CT molecular complexity index is 870. The number of carbonyl (C=O) groups excluding carboxylic acids is 2. The molecule has 0 fully saturated rings. The number of rotatable bonds is 9. The van der Waals surface area contributed by atoms with Crippen LogP contribution in [0.1, 0.15) is 25.0 Å². The summed E-state index contributed by atoms with van der Waals surface area (Å²) in [6, 6.07) is 9.74. The molecule has 1 N–H and O–H groups in total. The summed E-state index contributed by atoms with van der Waals surface area (Å²) in [5, 5.41) is 4.75. The van der Waals surface area contributed by atoms with E-state index in [1.54, 1.807) is 43.3 Å². The van der Waals surface area contributed by atoms with Crippen LogP contribution in [0.15, 0.2) is 36.4 Å². The third-order valence-corrected chi connectivity index (χ3v) is 6.80. The maximum atomic E-state index is 13.1. The van der Waals surface area contributed by atoms with Crippen molar-refractivity contribution in [2.45, 2.75) is 32.2 Å². The highest BCUT2D eigenvalue weighted by molar-refractivity contribution is 7.99. The summed E-state index contributed by atoms with van der Waals surface area (Å²) >= 11 is 26.3. The first kappa shape index (κ1) is 25.2. The molecule has 0 aliphatic heterocycles. The summed E-state index contributed by atoms with van der Waals surface area (Å²) in [6.45, 7) is 4.11. The highest BCUT2D eigenvalue weighted by atomic mass is 35.5. The Hall–Kier alpha value is -1.11. The number of hydrogen-bond acceptors (Lipinski definition) is 3. The van der Waals surface area contributed by atoms with Gasteiger partial charge in [0.25, 0.3) is 0 Å². The summed E-state index contributed by atoms with van der Waals surface area (Å²) in [7, 11) is 0. The average Bonchev–Trinajstić information content (AvgIpc) is 2.69. The molecule has 30 heavy (non-hydrogen) atoms. The van der Waals surface area contributed by atoms with Gasteiger partial charge in [0, 0.05) is 44.5 Å². The summed E-state index contributed by atoms with van der Waals surface area (Å²) in [6.07, 6.45) is 0. The maximum absolute atomic E-state index is 13.1. The lowest BCUT2D eigenvalue weighted by atomic mass is 10.1. The van der Waals surface area contributed by atoms with Gasteiger partial charge in [-0.3, -0.25) is 9.59 Å². The minimum absolute atomic E-state index is 0.128. The van der Waals surface area contributed by atoms with Gasteiger partial charge in [-0.1, -0.05) is 58.5 Å². The second kappa shape index (κ2) is 12.1. The number of thioether (sulfide) groups is 1. The normalized spacial score (nSPS) is 11.8. The van der Waals surface area contributed by atoms with E-state index in [0.717, 1.165) is 5.56 Å². The molecular formula is C21H22Cl4N2O2S. The van der Waals surface area contributed by atoms with Crippen molar-refractivity contribution in [1.29, 1.82) is 0 Å². The van der Waals surface area contributed by atoms with Gasteiger partial charge in [-0.15, -0.1) is 11.8 Å². The quantitative estimate of drug-likeness (QED) is 0.447. The van der Waals surface area contributed by atoms with Gasteiger partial charge < -0.3 is 10.2 Å². The molecule has 162 valence electrons. The lowest BCUT2D eigenvalue weighted by Gasteiger charge is -2.29. The standard InChI is InChI=1S/C21H22Cl4N2O2S/c1-3-26-21(29)13(2)27(10-14-16(22)6-4-7-17(14)23)20(28)12-30-11-15-18(24)8-5-9-19(15)25/h4-9,13H,3,10-12H2,1-2H3,(H,26,29). The highest BCUT2D eigenvalue weighted by Crippen LogP contribution is 2.29. The van der Waals surface area contributed by atoms with Crippen molar-refractivity contribution in [2.75, 3.05) is 12.3 Å². The maximum Gasteiger partial charge on any atom is 0.242 e. The van der Waals surface area contributed by atoms with Crippen LogP contribution >= 0.6 is 58.2 Å². The highest BCUT2D eigenvalue weighted by Gasteiger charge is 2.27. The van der Waals surface area contributed by atoms with Gasteiger partial charge in [-0.05, 0) is 43.7 Å². The van der Waals surface area contributed by atoms with Gasteiger partial charge in [-0.2, -0.15) is 0 Å². The van der Waals surface area contributed by atoms with Gasteiger partial charge in [0.05, 0.1) is 5.75 Å². The first-order chi connectivity index (χ1) is 14.3. The van der Waals surface area contributed by atoms with Crippen molar-refractivity contribution in [3.05, 3.63) is 67.6 Å². The lowest BCUT2D eigenvalue weighted by Crippen LogP contribution is -2.48. The number of halogens is 4. The summed E-state index contributed by atoms with van der Waals surface area (Å²) in [5.74, 6) is 0.166. The third-order valence-electron chi connectivity index (χ3n) is 4.44. The topological polar surface area (TPSA) is 49.4 Å². The van der Waals surface area contributed by atoms with Crippen molar-refractivity contribution in [2.24, 2.45) is 0 Å². The minimum Gasteiger partial charge on any atom is -0.355 e. The number of carbonyl (C=O) groups is 2. The van der Waals surface area contributed by atoms with Crippen molar-refractivity contribution in [3.63, 3.8) is 0 Å². The molecule has 0 bridgehead atoms. The monoisotopic (exact) mass is 506 g/mol. The van der Waals surface area contributed by atoms with Gasteiger partial charge >= 0.3 is 0 Å². The third kappa shape index (κ3) is 6.69. The first-order valence-corrected chi connectivity index (χ1v) is 11.9. The Morgan fingerprint density at radius 2 is 1.47 bits per heavy atom. The molecule has 0 saturated heterocycles. The van der Waals surface area contributed by atoms with Crippen molar-refractivity contribution in [1.82, 2.24) is 10.2 Å². The predicted octanol–water partition coefficient (Wildman–Crippen LogP) is 6.09. The number of nitrogens with one attached hydrogen (secondary N) is 1. The Morgan fingerprint density at radius 3 is 1.97 bits per heavy atom. The predicted molar refractivity (Wildman–Crippen MR) is 128 cm³/mol. The number of nitrogens with zero attached hydrogens (tertiary/aromatic N) is 1. The van der Waals surface area contributed by atoms with E-state index in [0.29, 0.717) is 38.0 Å². The van der Waals surface area contributed by atoms with Crippen LogP contribution in [0, 0.1) is 0 Å². The molecular weight excluding hydrogens is 486 g/mol. The second-order valence-electron chi connectivity index (χ2n) is 6.49. The number of hydrogen-bond donors (Lipinski definition) is 1. The molecule has 0 aliphatic carbocycles. The molecule has 9 heteroatoms. The van der Waals surface area contributed by atoms with Crippen LogP contribution in [0.5, 0.6) is 0 Å². The summed E-state index contributed by atoms with van der Waals surface area (Å²) in [5.41, 5.74) is 1.38. The van der Waals surface area contributed by atoms with Crippen LogP contribution in [0.4, 0.5) is 0 Å². The molecule has 2 aromatic rings. The molecule has 0 radical (unpaired) electrons. The van der Waals surface area contributed by atoms with E-state index in [1.807, 2.05) is 6.92 Å². The van der Waals surface area contributed by atoms with Crippen LogP contribution in [0.3, 0.4) is 0 Å². The Labute approximate surface area is 201 Å². The van der Waals surface area contributed by atoms with Crippen molar-refractivity contribution < 1.29 is 9.59 Å². The molecule has 0 aliphatic rings. The van der Waals surface area contributed by atoms with Crippen molar-refractivity contribution in [3.8, 4) is 0 Å². The van der Waals surface area contributed by atoms with E-state index < -0.39 is 6.04 Å². The van der Waals surface area contributed by atoms with Crippen LogP contribution in [0.2, 0.25) is 20.1 Å². The molecule has 2 amide bonds. The van der Waals surface area contributed by atoms with Gasteiger partial charge in [-0.25, -0.2) is 0 Å². The first-order valence-electron chi connectivity index (χ1n) is 9.26. The van der Waals surface area contributed by atoms with Gasteiger partial charge in [0.2, 0.25) is 11.8 Å². The van der Waals surface area contributed by atoms with E-state index in [-0.39, 0.29) is 24.1 Å². The van der Waals surface area contributed by atoms with Crippen LogP contribution in [-0.4, -0.2) is 35.1 Å². The van der Waals surface area contributed by atoms with E-state index >= 15 is 0 Å². The van der Waals surface area contributed by atoms with E-state index in [9.17, 15) is 9.59 Å². The van der Waals surface area contributed by atoms with Crippen LogP contribution < -0.4 is 5.32 Å². The largest absolute Gasteiger partial charge is 0.355 e. The molecule has 0 spiro atoms. The van der Waals surface area contributed by atoms with Crippen LogP contribution in [-0.2, 0) is 21.9 Å². The van der Waals surface area contributed by atoms with Crippen molar-refractivity contribution >= 4 is 70.0 Å².